The van der Waals surface area contributed by atoms with E-state index in [0.717, 1.165) is 82.4 Å². The molecule has 4 heterocycles. The maximum absolute atomic E-state index is 13.5. The van der Waals surface area contributed by atoms with E-state index in [1.165, 1.54) is 5.56 Å². The predicted octanol–water partition coefficient (Wildman–Crippen LogP) is 5.56. The minimum atomic E-state index is -3.94. The summed E-state index contributed by atoms with van der Waals surface area (Å²) in [5, 5.41) is 12.6. The Labute approximate surface area is 290 Å². The largest absolute Gasteiger partial charge is 0.487 e. The van der Waals surface area contributed by atoms with Crippen LogP contribution in [0, 0.1) is 17.8 Å². The van der Waals surface area contributed by atoms with Crippen molar-refractivity contribution in [2.75, 3.05) is 37.7 Å². The zero-order valence-corrected chi connectivity index (χ0v) is 29.8. The Morgan fingerprint density at radius 3 is 2.65 bits per heavy atom. The Morgan fingerprint density at radius 2 is 1.90 bits per heavy atom. The van der Waals surface area contributed by atoms with Crippen molar-refractivity contribution in [3.63, 3.8) is 0 Å². The molecule has 5 aliphatic rings. The lowest BCUT2D eigenvalue weighted by Crippen LogP contribution is -2.57. The summed E-state index contributed by atoms with van der Waals surface area (Å²) in [6.07, 6.45) is 8.06. The lowest BCUT2D eigenvalue weighted by molar-refractivity contribution is -0.115. The van der Waals surface area contributed by atoms with Crippen LogP contribution in [0.5, 0.6) is 5.75 Å². The lowest BCUT2D eigenvalue weighted by Gasteiger charge is -2.51. The van der Waals surface area contributed by atoms with E-state index in [2.05, 4.69) is 14.5 Å². The number of aryl methyl sites for hydroxylation is 1. The summed E-state index contributed by atoms with van der Waals surface area (Å²) in [6.45, 7) is 7.67. The van der Waals surface area contributed by atoms with Gasteiger partial charge in [0.05, 0.1) is 29.2 Å². The SMILES string of the molecule is C[C@@H]1[C@@H](C)CCC[C@@](O)(CN2C[C@H]3C[C@@H]2CO3)[C@@H]2CC[C@H]2CN2CCCCc3cc(Cl)ccc3COc3ccc(cc32)C(=O)NS1(=O)=O. The number of ether oxygens (including phenoxy) is 2. The molecule has 4 bridgehead atoms. The maximum Gasteiger partial charge on any atom is 0.264 e. The minimum Gasteiger partial charge on any atom is -0.487 e. The molecule has 2 aromatic rings. The summed E-state index contributed by atoms with van der Waals surface area (Å²) in [5.41, 5.74) is 2.45. The molecule has 9 nitrogen and oxygen atoms in total. The Balaban J connectivity index is 1.24. The van der Waals surface area contributed by atoms with Gasteiger partial charge in [-0.25, -0.2) is 13.1 Å². The van der Waals surface area contributed by atoms with Crippen LogP contribution in [0.15, 0.2) is 36.4 Å². The first-order chi connectivity index (χ1) is 23.0. The fourth-order valence-electron chi connectivity index (χ4n) is 8.82. The van der Waals surface area contributed by atoms with Gasteiger partial charge in [-0.3, -0.25) is 9.69 Å². The number of halogens is 1. The Kier molecular flexibility index (Phi) is 9.76. The highest BCUT2D eigenvalue weighted by Gasteiger charge is 2.50. The van der Waals surface area contributed by atoms with Crippen molar-refractivity contribution < 1.29 is 27.8 Å². The van der Waals surface area contributed by atoms with E-state index in [1.807, 2.05) is 25.1 Å². The van der Waals surface area contributed by atoms with Crippen LogP contribution in [0.4, 0.5) is 5.69 Å². The molecule has 48 heavy (non-hydrogen) atoms. The van der Waals surface area contributed by atoms with E-state index in [1.54, 1.807) is 25.1 Å². The third-order valence-corrected chi connectivity index (χ3v) is 14.2. The summed E-state index contributed by atoms with van der Waals surface area (Å²) in [6, 6.07) is 11.5. The zero-order chi connectivity index (χ0) is 33.6. The molecule has 262 valence electrons. The molecule has 1 saturated carbocycles. The third kappa shape index (κ3) is 6.97. The molecule has 7 rings (SSSR count). The Hall–Kier alpha value is -2.37. The van der Waals surface area contributed by atoms with E-state index in [-0.39, 0.29) is 29.4 Å². The number of benzene rings is 2. The Bertz CT molecular complexity index is 1620. The number of hydrogen-bond acceptors (Lipinski definition) is 8. The first-order valence-corrected chi connectivity index (χ1v) is 19.8. The number of nitrogens with zero attached hydrogens (tertiary/aromatic N) is 2. The predicted molar refractivity (Wildman–Crippen MR) is 187 cm³/mol. The molecule has 0 spiro atoms. The van der Waals surface area contributed by atoms with Gasteiger partial charge in [-0.1, -0.05) is 31.0 Å². The minimum absolute atomic E-state index is 0.127. The molecule has 2 saturated heterocycles. The van der Waals surface area contributed by atoms with Crippen LogP contribution in [0.2, 0.25) is 5.02 Å². The van der Waals surface area contributed by atoms with Crippen LogP contribution >= 0.6 is 11.6 Å². The van der Waals surface area contributed by atoms with Crippen molar-refractivity contribution >= 4 is 33.2 Å². The molecular formula is C37H50ClN3O6S. The van der Waals surface area contributed by atoms with Gasteiger partial charge < -0.3 is 19.5 Å². The van der Waals surface area contributed by atoms with Crippen LogP contribution in [-0.4, -0.2) is 80.1 Å². The van der Waals surface area contributed by atoms with Crippen molar-refractivity contribution in [3.05, 3.63) is 58.1 Å². The second-order valence-corrected chi connectivity index (χ2v) is 17.6. The van der Waals surface area contributed by atoms with E-state index >= 15 is 0 Å². The Morgan fingerprint density at radius 1 is 1.04 bits per heavy atom. The number of β-amino-alcohol motifs (C(OH)–C–C–N with tert-alkyl or cyclic N) is 1. The van der Waals surface area contributed by atoms with Crippen LogP contribution in [0.3, 0.4) is 0 Å². The molecule has 0 unspecified atom stereocenters. The molecule has 0 radical (unpaired) electrons. The summed E-state index contributed by atoms with van der Waals surface area (Å²) < 4.78 is 41.7. The van der Waals surface area contributed by atoms with Gasteiger partial charge in [-0.2, -0.15) is 0 Å². The molecule has 2 aromatic carbocycles. The van der Waals surface area contributed by atoms with Crippen molar-refractivity contribution in [1.29, 1.82) is 0 Å². The van der Waals surface area contributed by atoms with E-state index in [4.69, 9.17) is 21.1 Å². The van der Waals surface area contributed by atoms with Crippen molar-refractivity contribution in [3.8, 4) is 5.75 Å². The second kappa shape index (κ2) is 13.7. The number of morpholine rings is 1. The number of aliphatic hydroxyl groups is 1. The molecule has 4 aliphatic heterocycles. The maximum atomic E-state index is 13.5. The number of anilines is 1. The highest BCUT2D eigenvalue weighted by molar-refractivity contribution is 7.90. The molecule has 1 aliphatic carbocycles. The standard InChI is InChI=1S/C37H50ClN3O6S/c1-24-6-5-14-37(43,23-41-20-32-18-31(41)22-46-32)33-12-9-28(33)19-40-15-4-3-7-26-16-30(38)11-8-29(26)21-47-35-13-10-27(17-34(35)40)36(42)39-48(44,45)25(24)2/h8,10-11,13,16-17,24-25,28,31-33,43H,3-7,9,12,14-15,18-23H2,1-2H3,(H,39,42)/t24-,25+,28-,31+,32+,33+,37+/m0/s1. The fourth-order valence-corrected chi connectivity index (χ4v) is 10.3. The van der Waals surface area contributed by atoms with Gasteiger partial charge in [0.2, 0.25) is 10.0 Å². The molecule has 7 atom stereocenters. The lowest BCUT2D eigenvalue weighted by atomic mass is 9.62. The molecule has 0 aromatic heterocycles. The summed E-state index contributed by atoms with van der Waals surface area (Å²) in [5.74, 6) is 0.247. The first kappa shape index (κ1) is 34.1. The van der Waals surface area contributed by atoms with Gasteiger partial charge in [0.1, 0.15) is 12.4 Å². The number of nitrogens with one attached hydrogen (secondary N) is 1. The van der Waals surface area contributed by atoms with E-state index < -0.39 is 26.8 Å². The van der Waals surface area contributed by atoms with Crippen molar-refractivity contribution in [2.24, 2.45) is 17.8 Å². The topological polar surface area (TPSA) is 108 Å². The molecule has 2 N–H and O–H groups in total. The monoisotopic (exact) mass is 699 g/mol. The van der Waals surface area contributed by atoms with Crippen LogP contribution < -0.4 is 14.4 Å². The molecule has 1 amide bonds. The van der Waals surface area contributed by atoms with Gasteiger partial charge in [0.15, 0.2) is 0 Å². The number of rotatable bonds is 2. The number of hydrogen-bond donors (Lipinski definition) is 2. The average Bonchev–Trinajstić information content (AvgIpc) is 3.65. The number of carbonyl (C=O) groups is 1. The fraction of sp³-hybridized carbons (Fsp3) is 0.649. The molecule has 3 fully saturated rings. The summed E-state index contributed by atoms with van der Waals surface area (Å²) >= 11 is 6.37. The zero-order valence-electron chi connectivity index (χ0n) is 28.2. The van der Waals surface area contributed by atoms with Gasteiger partial charge in [-0.05, 0) is 118 Å². The quantitative estimate of drug-likeness (QED) is 0.420. The van der Waals surface area contributed by atoms with Crippen LogP contribution in [-0.2, 0) is 27.8 Å². The number of sulfonamides is 1. The van der Waals surface area contributed by atoms with E-state index in [0.29, 0.717) is 42.8 Å². The van der Waals surface area contributed by atoms with Gasteiger partial charge in [-0.15, -0.1) is 0 Å². The van der Waals surface area contributed by atoms with Crippen LogP contribution in [0.25, 0.3) is 0 Å². The van der Waals surface area contributed by atoms with Crippen LogP contribution in [0.1, 0.15) is 86.7 Å². The molecule has 11 heteroatoms. The number of fused-ring (bicyclic) bond motifs is 5. The van der Waals surface area contributed by atoms with Crippen molar-refractivity contribution in [2.45, 2.75) is 101 Å². The highest BCUT2D eigenvalue weighted by atomic mass is 35.5. The first-order valence-electron chi connectivity index (χ1n) is 17.9. The highest BCUT2D eigenvalue weighted by Crippen LogP contribution is 2.47. The van der Waals surface area contributed by atoms with Gasteiger partial charge in [0, 0.05) is 42.8 Å². The average molecular weight is 700 g/mol. The summed E-state index contributed by atoms with van der Waals surface area (Å²) in [4.78, 5) is 18.3. The number of carbonyl (C=O) groups excluding carboxylic acids is 1. The number of likely N-dealkylation sites (tertiary alicyclic amines) is 1. The second-order valence-electron chi connectivity index (χ2n) is 15.2. The third-order valence-electron chi connectivity index (χ3n) is 12.1. The van der Waals surface area contributed by atoms with E-state index in [9.17, 15) is 18.3 Å². The molecular weight excluding hydrogens is 650 g/mol. The summed E-state index contributed by atoms with van der Waals surface area (Å²) in [7, 11) is -3.94. The normalized spacial score (nSPS) is 34.2. The van der Waals surface area contributed by atoms with Crippen molar-refractivity contribution in [1.82, 2.24) is 9.62 Å². The van der Waals surface area contributed by atoms with Gasteiger partial charge >= 0.3 is 0 Å². The number of amides is 1. The van der Waals surface area contributed by atoms with Gasteiger partial charge in [0.25, 0.3) is 5.91 Å². The smallest absolute Gasteiger partial charge is 0.264 e.